The number of aromatic nitrogens is 1. The van der Waals surface area contributed by atoms with Crippen LogP contribution < -0.4 is 0 Å². The van der Waals surface area contributed by atoms with Crippen molar-refractivity contribution < 1.29 is 18.0 Å². The first kappa shape index (κ1) is 19.9. The number of likely N-dealkylation sites (tertiary alicyclic amines) is 2. The molecule has 2 atom stereocenters. The molecule has 1 aromatic heterocycles. The summed E-state index contributed by atoms with van der Waals surface area (Å²) in [5, 5.41) is 0. The summed E-state index contributed by atoms with van der Waals surface area (Å²) in [5.41, 5.74) is 1.35. The number of fused-ring (bicyclic) bond motifs is 1. The zero-order chi connectivity index (χ0) is 20.4. The van der Waals surface area contributed by atoms with Crippen molar-refractivity contribution in [1.82, 2.24) is 14.8 Å². The fourth-order valence-electron chi connectivity index (χ4n) is 4.44. The van der Waals surface area contributed by atoms with E-state index in [9.17, 15) is 18.0 Å². The lowest BCUT2D eigenvalue weighted by Crippen LogP contribution is -2.33. The van der Waals surface area contributed by atoms with E-state index in [0.717, 1.165) is 49.4 Å². The molecule has 154 valence electrons. The molecule has 2 aliphatic rings. The third-order valence-electron chi connectivity index (χ3n) is 5.95. The molecule has 3 heterocycles. The first-order valence-corrected chi connectivity index (χ1v) is 9.93. The molecule has 2 aromatic rings. The monoisotopic (exact) mass is 403 g/mol. The first-order chi connectivity index (χ1) is 13.9. The standard InChI is InChI=1S/C22H24F3N3O/c23-22(24,25)20-6-3-17(4-7-20)11-27-12-18-14-28(15-19(18)13-27)21(29)8-5-16-2-1-9-26-10-16/h1-4,6-7,9-10,18-19H,5,8,11-15H2/t18-,19+. The fourth-order valence-corrected chi connectivity index (χ4v) is 4.44. The van der Waals surface area contributed by atoms with Gasteiger partial charge in [-0.2, -0.15) is 13.2 Å². The number of carbonyl (C=O) groups excluding carboxylic acids is 1. The predicted octanol–water partition coefficient (Wildman–Crippen LogP) is 3.62. The van der Waals surface area contributed by atoms with Crippen molar-refractivity contribution in [2.24, 2.45) is 11.8 Å². The molecule has 2 aliphatic heterocycles. The molecule has 4 rings (SSSR count). The number of nitrogens with zero attached hydrogens (tertiary/aromatic N) is 3. The van der Waals surface area contributed by atoms with Gasteiger partial charge in [-0.15, -0.1) is 0 Å². The molecule has 0 spiro atoms. The number of pyridine rings is 1. The van der Waals surface area contributed by atoms with Crippen LogP contribution in [0.15, 0.2) is 48.8 Å². The van der Waals surface area contributed by atoms with E-state index in [0.29, 0.717) is 31.2 Å². The molecular weight excluding hydrogens is 379 g/mol. The Morgan fingerprint density at radius 1 is 1.00 bits per heavy atom. The van der Waals surface area contributed by atoms with Gasteiger partial charge in [0.15, 0.2) is 0 Å². The summed E-state index contributed by atoms with van der Waals surface area (Å²) in [5.74, 6) is 1.09. The van der Waals surface area contributed by atoms with E-state index in [-0.39, 0.29) is 5.91 Å². The number of halogens is 3. The Hall–Kier alpha value is -2.41. The number of aryl methyl sites for hydroxylation is 1. The molecule has 0 radical (unpaired) electrons. The summed E-state index contributed by atoms with van der Waals surface area (Å²) in [4.78, 5) is 20.9. The van der Waals surface area contributed by atoms with Crippen LogP contribution in [0, 0.1) is 11.8 Å². The molecule has 0 saturated carbocycles. The Morgan fingerprint density at radius 2 is 1.69 bits per heavy atom. The third-order valence-corrected chi connectivity index (χ3v) is 5.95. The summed E-state index contributed by atoms with van der Waals surface area (Å²) in [6.45, 7) is 3.98. The van der Waals surface area contributed by atoms with Crippen molar-refractivity contribution in [3.8, 4) is 0 Å². The smallest absolute Gasteiger partial charge is 0.342 e. The average molecular weight is 403 g/mol. The van der Waals surface area contributed by atoms with Crippen molar-refractivity contribution in [3.63, 3.8) is 0 Å². The van der Waals surface area contributed by atoms with E-state index in [1.165, 1.54) is 0 Å². The molecule has 2 saturated heterocycles. The molecule has 2 fully saturated rings. The molecule has 7 heteroatoms. The fraction of sp³-hybridized carbons (Fsp3) is 0.455. The van der Waals surface area contributed by atoms with Crippen LogP contribution in [0.25, 0.3) is 0 Å². The minimum absolute atomic E-state index is 0.192. The zero-order valence-electron chi connectivity index (χ0n) is 16.1. The van der Waals surface area contributed by atoms with Gasteiger partial charge < -0.3 is 4.90 Å². The van der Waals surface area contributed by atoms with E-state index in [2.05, 4.69) is 9.88 Å². The SMILES string of the molecule is O=C(CCc1cccnc1)N1C[C@H]2CN(Cc3ccc(C(F)(F)F)cc3)C[C@H]2C1. The minimum Gasteiger partial charge on any atom is -0.342 e. The number of rotatable bonds is 5. The maximum atomic E-state index is 12.7. The maximum absolute atomic E-state index is 12.7. The van der Waals surface area contributed by atoms with Gasteiger partial charge in [0.25, 0.3) is 0 Å². The second-order valence-electron chi connectivity index (χ2n) is 8.07. The predicted molar refractivity (Wildman–Crippen MR) is 103 cm³/mol. The zero-order valence-corrected chi connectivity index (χ0v) is 16.1. The maximum Gasteiger partial charge on any atom is 0.416 e. The number of amides is 1. The molecule has 0 bridgehead atoms. The van der Waals surface area contributed by atoms with Crippen LogP contribution in [0.1, 0.15) is 23.1 Å². The molecule has 29 heavy (non-hydrogen) atoms. The molecule has 0 unspecified atom stereocenters. The molecule has 0 aliphatic carbocycles. The van der Waals surface area contributed by atoms with Gasteiger partial charge in [-0.05, 0) is 47.6 Å². The lowest BCUT2D eigenvalue weighted by atomic mass is 10.0. The highest BCUT2D eigenvalue weighted by atomic mass is 19.4. The number of hydrogen-bond acceptors (Lipinski definition) is 3. The number of hydrogen-bond donors (Lipinski definition) is 0. The highest BCUT2D eigenvalue weighted by molar-refractivity contribution is 5.76. The highest BCUT2D eigenvalue weighted by Crippen LogP contribution is 2.33. The largest absolute Gasteiger partial charge is 0.416 e. The summed E-state index contributed by atoms with van der Waals surface area (Å²) in [7, 11) is 0. The van der Waals surface area contributed by atoms with Crippen molar-refractivity contribution in [3.05, 3.63) is 65.5 Å². The van der Waals surface area contributed by atoms with Gasteiger partial charge in [0.05, 0.1) is 5.56 Å². The molecule has 0 N–H and O–H groups in total. The van der Waals surface area contributed by atoms with Crippen LogP contribution in [-0.2, 0) is 23.9 Å². The number of benzene rings is 1. The van der Waals surface area contributed by atoms with Crippen LogP contribution in [0.4, 0.5) is 13.2 Å². The van der Waals surface area contributed by atoms with Gasteiger partial charge in [-0.3, -0.25) is 14.7 Å². The van der Waals surface area contributed by atoms with Crippen molar-refractivity contribution in [2.45, 2.75) is 25.6 Å². The number of carbonyl (C=O) groups is 1. The molecule has 4 nitrogen and oxygen atoms in total. The van der Waals surface area contributed by atoms with E-state index in [4.69, 9.17) is 0 Å². The van der Waals surface area contributed by atoms with Crippen molar-refractivity contribution >= 4 is 5.91 Å². The van der Waals surface area contributed by atoms with Gasteiger partial charge in [-0.25, -0.2) is 0 Å². The average Bonchev–Trinajstić information content (AvgIpc) is 3.25. The van der Waals surface area contributed by atoms with Gasteiger partial charge >= 0.3 is 6.18 Å². The van der Waals surface area contributed by atoms with Crippen LogP contribution in [-0.4, -0.2) is 46.9 Å². The Balaban J connectivity index is 1.25. The minimum atomic E-state index is -4.30. The van der Waals surface area contributed by atoms with Gasteiger partial charge in [0.1, 0.15) is 0 Å². The van der Waals surface area contributed by atoms with Crippen LogP contribution >= 0.6 is 0 Å². The van der Waals surface area contributed by atoms with Crippen molar-refractivity contribution in [2.75, 3.05) is 26.2 Å². The lowest BCUT2D eigenvalue weighted by molar-refractivity contribution is -0.137. The van der Waals surface area contributed by atoms with E-state index < -0.39 is 11.7 Å². The quantitative estimate of drug-likeness (QED) is 0.765. The topological polar surface area (TPSA) is 36.4 Å². The Bertz CT molecular complexity index is 825. The Kier molecular flexibility index (Phi) is 5.58. The molecule has 1 aromatic carbocycles. The number of alkyl halides is 3. The molecular formula is C22H24F3N3O. The van der Waals surface area contributed by atoms with Gasteiger partial charge in [0.2, 0.25) is 5.91 Å². The Labute approximate surface area is 168 Å². The van der Waals surface area contributed by atoms with Gasteiger partial charge in [-0.1, -0.05) is 18.2 Å². The normalized spacial score (nSPS) is 22.1. The summed E-state index contributed by atoms with van der Waals surface area (Å²) in [6.07, 6.45) is 0.434. The van der Waals surface area contributed by atoms with E-state index in [1.54, 1.807) is 24.5 Å². The second kappa shape index (κ2) is 8.14. The third kappa shape index (κ3) is 4.78. The van der Waals surface area contributed by atoms with E-state index in [1.807, 2.05) is 17.0 Å². The summed E-state index contributed by atoms with van der Waals surface area (Å²) in [6, 6.07) is 9.28. The summed E-state index contributed by atoms with van der Waals surface area (Å²) < 4.78 is 38.1. The summed E-state index contributed by atoms with van der Waals surface area (Å²) >= 11 is 0. The van der Waals surface area contributed by atoms with Crippen LogP contribution in [0.3, 0.4) is 0 Å². The van der Waals surface area contributed by atoms with Gasteiger partial charge in [0, 0.05) is 51.5 Å². The lowest BCUT2D eigenvalue weighted by Gasteiger charge is -2.22. The van der Waals surface area contributed by atoms with E-state index >= 15 is 0 Å². The van der Waals surface area contributed by atoms with Crippen LogP contribution in [0.5, 0.6) is 0 Å². The highest BCUT2D eigenvalue weighted by Gasteiger charge is 2.41. The first-order valence-electron chi connectivity index (χ1n) is 9.93. The van der Waals surface area contributed by atoms with Crippen LogP contribution in [0.2, 0.25) is 0 Å². The second-order valence-corrected chi connectivity index (χ2v) is 8.07. The Morgan fingerprint density at radius 3 is 2.28 bits per heavy atom. The molecule has 1 amide bonds. The van der Waals surface area contributed by atoms with Crippen molar-refractivity contribution in [1.29, 1.82) is 0 Å².